The number of halogens is 1. The second kappa shape index (κ2) is 12.4. The Bertz CT molecular complexity index is 521. The summed E-state index contributed by atoms with van der Waals surface area (Å²) in [5, 5.41) is 6.73. The lowest BCUT2D eigenvalue weighted by molar-refractivity contribution is 0.0778. The van der Waals surface area contributed by atoms with Crippen LogP contribution >= 0.6 is 24.0 Å². The molecule has 0 saturated heterocycles. The number of benzene rings is 1. The molecule has 6 heteroatoms. The molecule has 1 aliphatic carbocycles. The van der Waals surface area contributed by atoms with Crippen molar-refractivity contribution in [2.45, 2.75) is 45.6 Å². The van der Waals surface area contributed by atoms with E-state index in [0.29, 0.717) is 12.0 Å². The van der Waals surface area contributed by atoms with Crippen molar-refractivity contribution in [2.75, 3.05) is 33.4 Å². The summed E-state index contributed by atoms with van der Waals surface area (Å²) in [5.74, 6) is 1.77. The molecule has 1 saturated carbocycles. The van der Waals surface area contributed by atoms with Gasteiger partial charge in [0, 0.05) is 26.8 Å². The van der Waals surface area contributed by atoms with Gasteiger partial charge in [-0.2, -0.15) is 0 Å². The number of hydrogen-bond donors (Lipinski definition) is 2. The minimum Gasteiger partial charge on any atom is -0.489 e. The first-order chi connectivity index (χ1) is 12.2. The number of methoxy groups -OCH3 is 1. The van der Waals surface area contributed by atoms with Crippen LogP contribution < -0.4 is 15.4 Å². The van der Waals surface area contributed by atoms with Crippen molar-refractivity contribution in [3.8, 4) is 5.75 Å². The lowest BCUT2D eigenvalue weighted by Crippen LogP contribution is -2.43. The Kier molecular flexibility index (Phi) is 11.0. The SMILES string of the molecule is CCNC(=NCC1(CCOC)CCC1)NCC(C)Oc1ccccc1.I. The molecule has 1 unspecified atom stereocenters. The number of aliphatic imine (C=N–C) groups is 1. The molecule has 1 aromatic carbocycles. The average Bonchev–Trinajstić information content (AvgIpc) is 2.59. The van der Waals surface area contributed by atoms with Crippen LogP contribution in [-0.4, -0.2) is 45.4 Å². The van der Waals surface area contributed by atoms with Gasteiger partial charge in [-0.05, 0) is 50.7 Å². The van der Waals surface area contributed by atoms with Gasteiger partial charge in [-0.3, -0.25) is 4.99 Å². The Labute approximate surface area is 175 Å². The van der Waals surface area contributed by atoms with Crippen molar-refractivity contribution in [2.24, 2.45) is 10.4 Å². The number of nitrogens with one attached hydrogen (secondary N) is 2. The second-order valence-electron chi connectivity index (χ2n) is 6.91. The van der Waals surface area contributed by atoms with E-state index < -0.39 is 0 Å². The summed E-state index contributed by atoms with van der Waals surface area (Å²) in [6.07, 6.45) is 4.99. The monoisotopic (exact) mass is 475 g/mol. The maximum Gasteiger partial charge on any atom is 0.191 e. The molecule has 1 aliphatic rings. The van der Waals surface area contributed by atoms with Crippen LogP contribution in [0.1, 0.15) is 39.5 Å². The van der Waals surface area contributed by atoms with Gasteiger partial charge in [-0.25, -0.2) is 0 Å². The molecule has 2 rings (SSSR count). The third-order valence-electron chi connectivity index (χ3n) is 4.80. The van der Waals surface area contributed by atoms with Gasteiger partial charge in [0.1, 0.15) is 11.9 Å². The van der Waals surface area contributed by atoms with Crippen molar-refractivity contribution in [3.63, 3.8) is 0 Å². The van der Waals surface area contributed by atoms with Gasteiger partial charge in [0.15, 0.2) is 5.96 Å². The van der Waals surface area contributed by atoms with E-state index in [4.69, 9.17) is 14.5 Å². The summed E-state index contributed by atoms with van der Waals surface area (Å²) in [4.78, 5) is 4.82. The highest BCUT2D eigenvalue weighted by Gasteiger charge is 2.36. The number of guanidine groups is 1. The highest BCUT2D eigenvalue weighted by atomic mass is 127. The van der Waals surface area contributed by atoms with Gasteiger partial charge in [0.25, 0.3) is 0 Å². The van der Waals surface area contributed by atoms with E-state index in [1.807, 2.05) is 30.3 Å². The Morgan fingerprint density at radius 1 is 1.23 bits per heavy atom. The number of hydrogen-bond acceptors (Lipinski definition) is 3. The first-order valence-electron chi connectivity index (χ1n) is 9.40. The molecule has 0 heterocycles. The van der Waals surface area contributed by atoms with Gasteiger partial charge in [0.05, 0.1) is 6.54 Å². The highest BCUT2D eigenvalue weighted by Crippen LogP contribution is 2.44. The molecular formula is C20H34IN3O2. The average molecular weight is 475 g/mol. The standard InChI is InChI=1S/C20H33N3O2.HI/c1-4-21-19(23-16-20(11-8-12-20)13-14-24-3)22-15-17(2)25-18-9-6-5-7-10-18;/h5-7,9-10,17H,4,8,11-16H2,1-3H3,(H2,21,22,23);1H. The molecule has 1 aromatic rings. The second-order valence-corrected chi connectivity index (χ2v) is 6.91. The molecule has 0 radical (unpaired) electrons. The molecule has 148 valence electrons. The number of nitrogens with zero attached hydrogens (tertiary/aromatic N) is 1. The molecular weight excluding hydrogens is 441 g/mol. The number of ether oxygens (including phenoxy) is 2. The Hall–Kier alpha value is -1.02. The van der Waals surface area contributed by atoms with Crippen LogP contribution in [0.3, 0.4) is 0 Å². The quantitative estimate of drug-likeness (QED) is 0.307. The zero-order chi connectivity index (χ0) is 18.0. The maximum absolute atomic E-state index is 5.91. The van der Waals surface area contributed by atoms with Crippen molar-refractivity contribution in [3.05, 3.63) is 30.3 Å². The van der Waals surface area contributed by atoms with Gasteiger partial charge >= 0.3 is 0 Å². The van der Waals surface area contributed by atoms with Crippen molar-refractivity contribution < 1.29 is 9.47 Å². The molecule has 0 bridgehead atoms. The zero-order valence-corrected chi connectivity index (χ0v) is 18.6. The molecule has 5 nitrogen and oxygen atoms in total. The summed E-state index contributed by atoms with van der Waals surface area (Å²) < 4.78 is 11.2. The summed E-state index contributed by atoms with van der Waals surface area (Å²) in [5.41, 5.74) is 0.338. The van der Waals surface area contributed by atoms with Crippen LogP contribution in [0.4, 0.5) is 0 Å². The predicted octanol–water partition coefficient (Wildman–Crippen LogP) is 3.83. The number of rotatable bonds is 10. The van der Waals surface area contributed by atoms with Crippen LogP contribution in [-0.2, 0) is 4.74 Å². The minimum atomic E-state index is 0. The molecule has 0 amide bonds. The van der Waals surface area contributed by atoms with E-state index >= 15 is 0 Å². The fourth-order valence-electron chi connectivity index (χ4n) is 3.08. The molecule has 2 N–H and O–H groups in total. The first kappa shape index (κ1) is 23.0. The Balaban J connectivity index is 0.00000338. The summed E-state index contributed by atoms with van der Waals surface area (Å²) >= 11 is 0. The zero-order valence-electron chi connectivity index (χ0n) is 16.3. The molecule has 1 atom stereocenters. The molecule has 26 heavy (non-hydrogen) atoms. The van der Waals surface area contributed by atoms with E-state index in [-0.39, 0.29) is 30.1 Å². The van der Waals surface area contributed by atoms with E-state index in [2.05, 4.69) is 24.5 Å². The third kappa shape index (κ3) is 7.70. The van der Waals surface area contributed by atoms with E-state index in [0.717, 1.165) is 37.8 Å². The number of para-hydroxylation sites is 1. The highest BCUT2D eigenvalue weighted by molar-refractivity contribution is 14.0. The van der Waals surface area contributed by atoms with E-state index in [9.17, 15) is 0 Å². The normalized spacial score (nSPS) is 16.8. The maximum atomic E-state index is 5.91. The topological polar surface area (TPSA) is 54.9 Å². The molecule has 0 aliphatic heterocycles. The van der Waals surface area contributed by atoms with Gasteiger partial charge in [-0.15, -0.1) is 24.0 Å². The summed E-state index contributed by atoms with van der Waals surface area (Å²) in [6, 6.07) is 9.92. The largest absolute Gasteiger partial charge is 0.489 e. The van der Waals surface area contributed by atoms with Gasteiger partial charge in [-0.1, -0.05) is 24.6 Å². The van der Waals surface area contributed by atoms with Crippen molar-refractivity contribution in [1.29, 1.82) is 0 Å². The predicted molar refractivity (Wildman–Crippen MR) is 119 cm³/mol. The molecule has 0 spiro atoms. The molecule has 0 aromatic heterocycles. The molecule has 1 fully saturated rings. The first-order valence-corrected chi connectivity index (χ1v) is 9.40. The van der Waals surface area contributed by atoms with Gasteiger partial charge < -0.3 is 20.1 Å². The fourth-order valence-corrected chi connectivity index (χ4v) is 3.08. The third-order valence-corrected chi connectivity index (χ3v) is 4.80. The van der Waals surface area contributed by atoms with Crippen LogP contribution in [0, 0.1) is 5.41 Å². The van der Waals surface area contributed by atoms with E-state index in [1.54, 1.807) is 7.11 Å². The summed E-state index contributed by atoms with van der Waals surface area (Å²) in [6.45, 7) is 7.40. The van der Waals surface area contributed by atoms with Gasteiger partial charge in [0.2, 0.25) is 0 Å². The Morgan fingerprint density at radius 2 is 1.96 bits per heavy atom. The van der Waals surface area contributed by atoms with Crippen LogP contribution in [0.2, 0.25) is 0 Å². The lowest BCUT2D eigenvalue weighted by atomic mass is 9.67. The van der Waals surface area contributed by atoms with Crippen molar-refractivity contribution in [1.82, 2.24) is 10.6 Å². The van der Waals surface area contributed by atoms with E-state index in [1.165, 1.54) is 19.3 Å². The summed E-state index contributed by atoms with van der Waals surface area (Å²) in [7, 11) is 1.77. The fraction of sp³-hybridized carbons (Fsp3) is 0.650. The van der Waals surface area contributed by atoms with Crippen LogP contribution in [0.15, 0.2) is 35.3 Å². The van der Waals surface area contributed by atoms with Crippen LogP contribution in [0.25, 0.3) is 0 Å². The van der Waals surface area contributed by atoms with Crippen LogP contribution in [0.5, 0.6) is 5.75 Å². The minimum absolute atomic E-state index is 0. The Morgan fingerprint density at radius 3 is 2.54 bits per heavy atom. The smallest absolute Gasteiger partial charge is 0.191 e. The lowest BCUT2D eigenvalue weighted by Gasteiger charge is -2.40. The van der Waals surface area contributed by atoms with Crippen molar-refractivity contribution >= 4 is 29.9 Å².